The summed E-state index contributed by atoms with van der Waals surface area (Å²) in [6.07, 6.45) is 1.88. The third kappa shape index (κ3) is 2.90. The number of carbonyl (C=O) groups is 1. The van der Waals surface area contributed by atoms with E-state index in [0.717, 1.165) is 3.57 Å². The molecule has 7 heteroatoms. The highest BCUT2D eigenvalue weighted by Gasteiger charge is 2.10. The van der Waals surface area contributed by atoms with Crippen LogP contribution in [-0.4, -0.2) is 16.3 Å². The Kier molecular flexibility index (Phi) is 4.36. The summed E-state index contributed by atoms with van der Waals surface area (Å²) < 4.78 is 1.01. The first-order valence-electron chi connectivity index (χ1n) is 4.79. The predicted octanol–water partition coefficient (Wildman–Crippen LogP) is 3.94. The van der Waals surface area contributed by atoms with Crippen molar-refractivity contribution < 1.29 is 4.79 Å². The van der Waals surface area contributed by atoms with E-state index >= 15 is 0 Å². The monoisotopic (exact) mass is 393 g/mol. The van der Waals surface area contributed by atoms with Crippen LogP contribution in [0.4, 0.5) is 11.5 Å². The molecule has 0 saturated carbocycles. The second-order valence-corrected chi connectivity index (χ2v) is 5.30. The molecule has 0 saturated heterocycles. The van der Waals surface area contributed by atoms with E-state index in [4.69, 9.17) is 23.2 Å². The lowest BCUT2D eigenvalue weighted by atomic mass is 10.3. The Hall–Kier alpha value is -0.920. The number of aromatic nitrogens is 2. The van der Waals surface area contributed by atoms with Crippen molar-refractivity contribution in [3.63, 3.8) is 0 Å². The summed E-state index contributed by atoms with van der Waals surface area (Å²) in [5.41, 5.74) is 0.851. The number of nitrogens with zero attached hydrogens (tertiary/aromatic N) is 2. The molecule has 0 bridgehead atoms. The second kappa shape index (κ2) is 5.81. The Bertz CT molecular complexity index is 607. The maximum absolute atomic E-state index is 10.9. The van der Waals surface area contributed by atoms with Crippen molar-refractivity contribution in [1.29, 1.82) is 0 Å². The van der Waals surface area contributed by atoms with Crippen LogP contribution < -0.4 is 5.32 Å². The molecular weight excluding hydrogens is 388 g/mol. The molecule has 4 nitrogen and oxygen atoms in total. The number of rotatable bonds is 3. The summed E-state index contributed by atoms with van der Waals surface area (Å²) >= 11 is 14.0. The first kappa shape index (κ1) is 13.5. The molecule has 2 rings (SSSR count). The van der Waals surface area contributed by atoms with Gasteiger partial charge >= 0.3 is 0 Å². The highest BCUT2D eigenvalue weighted by atomic mass is 127. The van der Waals surface area contributed by atoms with Gasteiger partial charge < -0.3 is 5.32 Å². The molecule has 1 aromatic carbocycles. The van der Waals surface area contributed by atoms with E-state index in [2.05, 4.69) is 37.9 Å². The van der Waals surface area contributed by atoms with Gasteiger partial charge in [0.05, 0.1) is 16.3 Å². The Morgan fingerprint density at radius 1 is 1.28 bits per heavy atom. The van der Waals surface area contributed by atoms with Gasteiger partial charge in [0, 0.05) is 3.57 Å². The van der Waals surface area contributed by atoms with Gasteiger partial charge in [0.1, 0.15) is 17.3 Å². The number of hydrogen-bond acceptors (Lipinski definition) is 4. The molecule has 0 aliphatic rings. The molecule has 2 aromatic rings. The van der Waals surface area contributed by atoms with E-state index in [1.165, 1.54) is 6.33 Å². The normalized spacial score (nSPS) is 10.2. The summed E-state index contributed by atoms with van der Waals surface area (Å²) in [5, 5.41) is 3.59. The Labute approximate surface area is 127 Å². The van der Waals surface area contributed by atoms with Crippen molar-refractivity contribution in [1.82, 2.24) is 9.97 Å². The molecule has 0 unspecified atom stereocenters. The van der Waals surface area contributed by atoms with E-state index < -0.39 is 0 Å². The van der Waals surface area contributed by atoms with Crippen LogP contribution in [0.15, 0.2) is 24.5 Å². The fourth-order valence-corrected chi connectivity index (χ4v) is 2.38. The Morgan fingerprint density at radius 2 is 2.06 bits per heavy atom. The number of aldehydes is 1. The SMILES string of the molecule is O=Cc1c(Cl)ncnc1Nc1ccc(I)cc1Cl. The highest BCUT2D eigenvalue weighted by molar-refractivity contribution is 14.1. The average molecular weight is 394 g/mol. The Balaban J connectivity index is 2.40. The molecule has 0 radical (unpaired) electrons. The largest absolute Gasteiger partial charge is 0.338 e. The predicted molar refractivity (Wildman–Crippen MR) is 79.9 cm³/mol. The molecule has 92 valence electrons. The van der Waals surface area contributed by atoms with Crippen LogP contribution in [0.25, 0.3) is 0 Å². The number of carbonyl (C=O) groups excluding carboxylic acids is 1. The van der Waals surface area contributed by atoms with Gasteiger partial charge in [-0.25, -0.2) is 9.97 Å². The third-order valence-corrected chi connectivity index (χ3v) is 3.42. The van der Waals surface area contributed by atoms with Crippen LogP contribution in [-0.2, 0) is 0 Å². The molecule has 1 heterocycles. The van der Waals surface area contributed by atoms with Crippen LogP contribution in [0.3, 0.4) is 0 Å². The van der Waals surface area contributed by atoms with Crippen LogP contribution in [0.2, 0.25) is 10.2 Å². The summed E-state index contributed by atoms with van der Waals surface area (Å²) in [6, 6.07) is 5.49. The zero-order valence-corrected chi connectivity index (χ0v) is 12.5. The fourth-order valence-electron chi connectivity index (χ4n) is 1.30. The molecule has 0 aliphatic heterocycles. The van der Waals surface area contributed by atoms with Crippen molar-refractivity contribution in [3.8, 4) is 0 Å². The summed E-state index contributed by atoms with van der Waals surface area (Å²) in [7, 11) is 0. The Morgan fingerprint density at radius 3 is 2.72 bits per heavy atom. The second-order valence-electron chi connectivity index (χ2n) is 3.29. The highest BCUT2D eigenvalue weighted by Crippen LogP contribution is 2.28. The van der Waals surface area contributed by atoms with Gasteiger partial charge in [-0.2, -0.15) is 0 Å². The number of benzene rings is 1. The van der Waals surface area contributed by atoms with Crippen molar-refractivity contribution >= 4 is 63.6 Å². The van der Waals surface area contributed by atoms with Gasteiger partial charge in [-0.1, -0.05) is 23.2 Å². The summed E-state index contributed by atoms with van der Waals surface area (Å²) in [6.45, 7) is 0. The smallest absolute Gasteiger partial charge is 0.156 e. The molecule has 0 fully saturated rings. The quantitative estimate of drug-likeness (QED) is 0.487. The van der Waals surface area contributed by atoms with Gasteiger partial charge in [0.15, 0.2) is 6.29 Å². The first-order valence-corrected chi connectivity index (χ1v) is 6.63. The van der Waals surface area contributed by atoms with Crippen molar-refractivity contribution in [2.24, 2.45) is 0 Å². The number of halogens is 3. The standard InChI is InChI=1S/C11H6Cl2IN3O/c12-8-3-6(14)1-2-9(8)17-11-7(4-18)10(13)15-5-16-11/h1-5H,(H,15,16,17). The lowest BCUT2D eigenvalue weighted by Crippen LogP contribution is -2.01. The van der Waals surface area contributed by atoms with E-state index in [-0.39, 0.29) is 10.7 Å². The lowest BCUT2D eigenvalue weighted by Gasteiger charge is -2.09. The zero-order valence-electron chi connectivity index (χ0n) is 8.82. The zero-order chi connectivity index (χ0) is 13.1. The number of nitrogens with one attached hydrogen (secondary N) is 1. The van der Waals surface area contributed by atoms with E-state index in [1.807, 2.05) is 6.07 Å². The minimum absolute atomic E-state index is 0.101. The van der Waals surface area contributed by atoms with Gasteiger partial charge in [-0.05, 0) is 40.8 Å². The number of anilines is 2. The maximum atomic E-state index is 10.9. The molecule has 0 atom stereocenters. The van der Waals surface area contributed by atoms with Crippen molar-refractivity contribution in [2.75, 3.05) is 5.32 Å². The van der Waals surface area contributed by atoms with Gasteiger partial charge in [0.25, 0.3) is 0 Å². The topological polar surface area (TPSA) is 54.9 Å². The van der Waals surface area contributed by atoms with Crippen molar-refractivity contribution in [2.45, 2.75) is 0 Å². The lowest BCUT2D eigenvalue weighted by molar-refractivity contribution is 0.112. The molecule has 1 N–H and O–H groups in total. The van der Waals surface area contributed by atoms with Crippen molar-refractivity contribution in [3.05, 3.63) is 43.8 Å². The maximum Gasteiger partial charge on any atom is 0.156 e. The summed E-state index contributed by atoms with van der Waals surface area (Å²) in [4.78, 5) is 18.6. The molecular formula is C11H6Cl2IN3O. The molecule has 0 spiro atoms. The van der Waals surface area contributed by atoms with Crippen LogP contribution in [0.1, 0.15) is 10.4 Å². The van der Waals surface area contributed by atoms with Crippen LogP contribution in [0, 0.1) is 3.57 Å². The molecule has 0 aliphatic carbocycles. The average Bonchev–Trinajstić information content (AvgIpc) is 2.33. The third-order valence-electron chi connectivity index (χ3n) is 2.14. The van der Waals surface area contributed by atoms with E-state index in [0.29, 0.717) is 22.8 Å². The summed E-state index contributed by atoms with van der Waals surface area (Å²) in [5.74, 6) is 0.327. The van der Waals surface area contributed by atoms with Gasteiger partial charge in [0.2, 0.25) is 0 Å². The molecule has 0 amide bonds. The van der Waals surface area contributed by atoms with Gasteiger partial charge in [-0.15, -0.1) is 0 Å². The fraction of sp³-hybridized carbons (Fsp3) is 0. The van der Waals surface area contributed by atoms with Crippen LogP contribution >= 0.6 is 45.8 Å². The van der Waals surface area contributed by atoms with Gasteiger partial charge in [-0.3, -0.25) is 4.79 Å². The number of hydrogen-bond donors (Lipinski definition) is 1. The minimum Gasteiger partial charge on any atom is -0.338 e. The molecule has 1 aromatic heterocycles. The van der Waals surface area contributed by atoms with Crippen LogP contribution in [0.5, 0.6) is 0 Å². The van der Waals surface area contributed by atoms with E-state index in [9.17, 15) is 4.79 Å². The minimum atomic E-state index is 0.101. The van der Waals surface area contributed by atoms with E-state index in [1.54, 1.807) is 12.1 Å². The first-order chi connectivity index (χ1) is 8.61. The molecule has 18 heavy (non-hydrogen) atoms.